The number of carbonyl (C=O) groups excluding carboxylic acids is 1. The maximum Gasteiger partial charge on any atom is 0.309 e. The van der Waals surface area contributed by atoms with Gasteiger partial charge in [0.2, 0.25) is 0 Å². The first-order valence-electron chi connectivity index (χ1n) is 12.1. The molecule has 2 heteroatoms. The smallest absolute Gasteiger partial charge is 0.309 e. The summed E-state index contributed by atoms with van der Waals surface area (Å²) < 4.78 is 4.85. The Morgan fingerprint density at radius 3 is 1.65 bits per heavy atom. The summed E-state index contributed by atoms with van der Waals surface area (Å²) in [5, 5.41) is 0. The lowest BCUT2D eigenvalue weighted by Crippen LogP contribution is -2.41. The first-order valence-corrected chi connectivity index (χ1v) is 12.1. The molecule has 1 aliphatic heterocycles. The molecule has 1 unspecified atom stereocenters. The van der Waals surface area contributed by atoms with Crippen molar-refractivity contribution in [1.29, 1.82) is 0 Å². The quantitative estimate of drug-likeness (QED) is 0.333. The van der Waals surface area contributed by atoms with Crippen LogP contribution in [0.3, 0.4) is 0 Å². The van der Waals surface area contributed by atoms with E-state index in [9.17, 15) is 4.79 Å². The van der Waals surface area contributed by atoms with E-state index in [4.69, 9.17) is 17.6 Å². The lowest BCUT2D eigenvalue weighted by atomic mass is 9.54. The van der Waals surface area contributed by atoms with Gasteiger partial charge in [-0.1, -0.05) is 74.7 Å². The number of terminal acetylenes is 2. The summed E-state index contributed by atoms with van der Waals surface area (Å²) in [6, 6.07) is 0. The predicted octanol–water partition coefficient (Wildman–Crippen LogP) is 7.66. The van der Waals surface area contributed by atoms with Gasteiger partial charge in [-0.2, -0.15) is 0 Å². The Labute approximate surface area is 193 Å². The molecular formula is C29H48O2. The molecule has 0 aromatic rings. The molecule has 3 rings (SSSR count). The van der Waals surface area contributed by atoms with E-state index in [0.29, 0.717) is 28.3 Å². The van der Waals surface area contributed by atoms with Gasteiger partial charge >= 0.3 is 5.97 Å². The van der Waals surface area contributed by atoms with E-state index in [0.717, 1.165) is 12.8 Å². The third kappa shape index (κ3) is 8.22. The lowest BCUT2D eigenvalue weighted by Gasteiger charge is -2.51. The maximum absolute atomic E-state index is 11.0. The Hall–Kier alpha value is -1.41. The van der Waals surface area contributed by atoms with Crippen molar-refractivity contribution in [2.45, 2.75) is 114 Å². The van der Waals surface area contributed by atoms with Crippen molar-refractivity contribution >= 4 is 5.97 Å². The van der Waals surface area contributed by atoms with Crippen LogP contribution in [0.1, 0.15) is 114 Å². The number of rotatable bonds is 2. The fourth-order valence-corrected chi connectivity index (χ4v) is 4.81. The fourth-order valence-electron chi connectivity index (χ4n) is 4.81. The van der Waals surface area contributed by atoms with Gasteiger partial charge in [-0.3, -0.25) is 4.79 Å². The van der Waals surface area contributed by atoms with Gasteiger partial charge < -0.3 is 4.74 Å². The topological polar surface area (TPSA) is 26.3 Å². The van der Waals surface area contributed by atoms with Crippen LogP contribution < -0.4 is 0 Å². The van der Waals surface area contributed by atoms with Crippen LogP contribution in [0.2, 0.25) is 0 Å². The molecule has 0 spiro atoms. The van der Waals surface area contributed by atoms with E-state index < -0.39 is 0 Å². The highest BCUT2D eigenvalue weighted by Gasteiger charge is 2.45. The molecule has 1 saturated heterocycles. The average Bonchev–Trinajstić information content (AvgIpc) is 3.17. The van der Waals surface area contributed by atoms with E-state index in [2.05, 4.69) is 74.2 Å². The van der Waals surface area contributed by atoms with Gasteiger partial charge in [0.05, 0.1) is 12.5 Å². The van der Waals surface area contributed by atoms with Crippen LogP contribution in [0, 0.1) is 57.7 Å². The van der Waals surface area contributed by atoms with Gasteiger partial charge in [-0.25, -0.2) is 0 Å². The van der Waals surface area contributed by atoms with Gasteiger partial charge in [-0.15, -0.1) is 18.8 Å². The summed E-state index contributed by atoms with van der Waals surface area (Å²) in [5.74, 6) is 5.82. The van der Waals surface area contributed by atoms with Crippen molar-refractivity contribution in [1.82, 2.24) is 0 Å². The molecule has 0 N–H and O–H groups in total. The number of hydrogen-bond acceptors (Lipinski definition) is 2. The molecule has 0 aromatic carbocycles. The maximum atomic E-state index is 11.0. The van der Waals surface area contributed by atoms with Crippen LogP contribution in [-0.4, -0.2) is 12.6 Å². The highest BCUT2D eigenvalue weighted by atomic mass is 16.5. The first-order chi connectivity index (χ1) is 14.0. The number of carbonyl (C=O) groups is 1. The minimum Gasteiger partial charge on any atom is -0.465 e. The van der Waals surface area contributed by atoms with E-state index in [1.807, 2.05) is 0 Å². The Bertz CT molecular complexity index is 671. The molecule has 0 aromatic heterocycles. The molecule has 31 heavy (non-hydrogen) atoms. The van der Waals surface area contributed by atoms with Gasteiger partial charge in [0, 0.05) is 11.8 Å². The van der Waals surface area contributed by atoms with E-state index >= 15 is 0 Å². The Morgan fingerprint density at radius 1 is 0.968 bits per heavy atom. The summed E-state index contributed by atoms with van der Waals surface area (Å²) in [6.07, 6.45) is 20.4. The minimum atomic E-state index is -0.0208. The molecule has 2 nitrogen and oxygen atoms in total. The molecule has 1 heterocycles. The Balaban J connectivity index is 0.000000233. The second-order valence-corrected chi connectivity index (χ2v) is 13.3. The van der Waals surface area contributed by atoms with Crippen molar-refractivity contribution in [3.8, 4) is 24.7 Å². The standard InChI is InChI=1S/C11H18.C10H16.C8H14O2/c1-5-7-11(8-6-9-11)10(2,3)4;1-5-10(6-7-10)8-9(2,3)4;1-8(2,3)6-4-5-10-7(6)9/h1H,6-9H2,2-4H3;1H,6-8H2,2-4H3;6H,4-5H2,1-3H3. The highest BCUT2D eigenvalue weighted by Crippen LogP contribution is 2.55. The molecule has 1 atom stereocenters. The van der Waals surface area contributed by atoms with Gasteiger partial charge in [0.15, 0.2) is 0 Å². The van der Waals surface area contributed by atoms with Gasteiger partial charge in [-0.05, 0) is 60.2 Å². The largest absolute Gasteiger partial charge is 0.465 e. The zero-order chi connectivity index (χ0) is 24.1. The predicted molar refractivity (Wildman–Crippen MR) is 132 cm³/mol. The number of hydrogen-bond donors (Lipinski definition) is 0. The Kier molecular flexibility index (Phi) is 8.93. The number of cyclic esters (lactones) is 1. The zero-order valence-corrected chi connectivity index (χ0v) is 21.9. The summed E-state index contributed by atoms with van der Waals surface area (Å²) in [7, 11) is 0. The van der Waals surface area contributed by atoms with E-state index in [1.54, 1.807) is 0 Å². The third-order valence-electron chi connectivity index (χ3n) is 7.35. The molecule has 2 aliphatic carbocycles. The van der Waals surface area contributed by atoms with Crippen molar-refractivity contribution in [3.63, 3.8) is 0 Å². The second kappa shape index (κ2) is 10.0. The fraction of sp³-hybridized carbons (Fsp3) is 0.828. The monoisotopic (exact) mass is 428 g/mol. The van der Waals surface area contributed by atoms with E-state index in [-0.39, 0.29) is 17.3 Å². The van der Waals surface area contributed by atoms with Crippen molar-refractivity contribution in [2.75, 3.05) is 6.61 Å². The lowest BCUT2D eigenvalue weighted by molar-refractivity contribution is -0.143. The van der Waals surface area contributed by atoms with Crippen molar-refractivity contribution < 1.29 is 9.53 Å². The molecule has 176 valence electrons. The van der Waals surface area contributed by atoms with Crippen LogP contribution in [0.15, 0.2) is 0 Å². The Morgan fingerprint density at radius 2 is 1.52 bits per heavy atom. The summed E-state index contributed by atoms with van der Waals surface area (Å²) in [6.45, 7) is 20.5. The number of ether oxygens (including phenoxy) is 1. The second-order valence-electron chi connectivity index (χ2n) is 13.3. The van der Waals surface area contributed by atoms with Crippen molar-refractivity contribution in [2.24, 2.45) is 33.0 Å². The van der Waals surface area contributed by atoms with Gasteiger partial charge in [0.1, 0.15) is 0 Å². The van der Waals surface area contributed by atoms with E-state index in [1.165, 1.54) is 38.5 Å². The normalized spacial score (nSPS) is 23.5. The number of esters is 1. The van der Waals surface area contributed by atoms with Crippen LogP contribution in [0.4, 0.5) is 0 Å². The average molecular weight is 429 g/mol. The van der Waals surface area contributed by atoms with Crippen LogP contribution >= 0.6 is 0 Å². The summed E-state index contributed by atoms with van der Waals surface area (Å²) >= 11 is 0. The van der Waals surface area contributed by atoms with Crippen molar-refractivity contribution in [3.05, 3.63) is 0 Å². The molecule has 0 amide bonds. The molecule has 3 aliphatic rings. The zero-order valence-electron chi connectivity index (χ0n) is 21.9. The molecule has 2 saturated carbocycles. The SMILES string of the molecule is C#CC1(CC(C)(C)C)CC1.C#CCC1(C(C)(C)C)CCC1.CC(C)(C)C1CCOC1=O. The first kappa shape index (κ1) is 27.6. The molecular weight excluding hydrogens is 380 g/mol. The minimum absolute atomic E-state index is 0.0208. The summed E-state index contributed by atoms with van der Waals surface area (Å²) in [4.78, 5) is 11.0. The molecule has 0 radical (unpaired) electrons. The van der Waals surface area contributed by atoms with Gasteiger partial charge in [0.25, 0.3) is 0 Å². The summed E-state index contributed by atoms with van der Waals surface area (Å²) in [5.41, 5.74) is 1.66. The molecule has 3 fully saturated rings. The third-order valence-corrected chi connectivity index (χ3v) is 7.35. The molecule has 0 bridgehead atoms. The highest BCUT2D eigenvalue weighted by molar-refractivity contribution is 5.74. The van der Waals surface area contributed by atoms with Crippen LogP contribution in [0.25, 0.3) is 0 Å². The van der Waals surface area contributed by atoms with Crippen LogP contribution in [-0.2, 0) is 9.53 Å². The van der Waals surface area contributed by atoms with Crippen LogP contribution in [0.5, 0.6) is 0 Å².